The number of halogens is 1. The van der Waals surface area contributed by atoms with Crippen molar-refractivity contribution >= 4 is 30.1 Å². The fourth-order valence-corrected chi connectivity index (χ4v) is 2.39. The number of nitrogens with zero attached hydrogens (tertiary/aromatic N) is 2. The topological polar surface area (TPSA) is 46.9 Å². The van der Waals surface area contributed by atoms with Crippen LogP contribution in [0.3, 0.4) is 0 Å². The number of hydrogen-bond acceptors (Lipinski definition) is 3. The lowest BCUT2D eigenvalue weighted by Crippen LogP contribution is -2.23. The van der Waals surface area contributed by atoms with E-state index in [2.05, 4.69) is 23.0 Å². The second kappa shape index (κ2) is 6.33. The van der Waals surface area contributed by atoms with E-state index in [-0.39, 0.29) is 5.91 Å². The summed E-state index contributed by atoms with van der Waals surface area (Å²) in [4.78, 5) is 12.8. The van der Waals surface area contributed by atoms with Crippen molar-refractivity contribution in [2.24, 2.45) is 7.05 Å². The van der Waals surface area contributed by atoms with Crippen LogP contribution in [-0.4, -0.2) is 15.7 Å². The van der Waals surface area contributed by atoms with E-state index in [0.717, 1.165) is 17.7 Å². The van der Waals surface area contributed by atoms with Crippen LogP contribution >= 0.6 is 24.2 Å². The molecule has 0 unspecified atom stereocenters. The highest BCUT2D eigenvalue weighted by molar-refractivity contribution is 7.80. The Balaban J connectivity index is 2.10. The summed E-state index contributed by atoms with van der Waals surface area (Å²) in [6.07, 6.45) is 2.74. The lowest BCUT2D eigenvalue weighted by Gasteiger charge is -2.07. The molecule has 0 bridgehead atoms. The first kappa shape index (κ1) is 14.9. The number of thiol groups is 1. The summed E-state index contributed by atoms with van der Waals surface area (Å²) in [5.74, 6) is -0.211. The van der Waals surface area contributed by atoms with Crippen molar-refractivity contribution in [3.63, 3.8) is 0 Å². The third kappa shape index (κ3) is 3.35. The second-order valence-electron chi connectivity index (χ2n) is 4.48. The molecule has 2 aromatic rings. The molecule has 20 heavy (non-hydrogen) atoms. The number of aryl methyl sites for hydroxylation is 2. The largest absolute Gasteiger partial charge is 0.348 e. The SMILES string of the molecule is CCc1nn(C)cc1CNC(=O)c1cc(S)ccc1Cl. The van der Waals surface area contributed by atoms with Crippen LogP contribution in [0, 0.1) is 0 Å². The number of aromatic nitrogens is 2. The Labute approximate surface area is 128 Å². The summed E-state index contributed by atoms with van der Waals surface area (Å²) in [5.41, 5.74) is 2.43. The van der Waals surface area contributed by atoms with Gasteiger partial charge in [0.05, 0.1) is 16.3 Å². The van der Waals surface area contributed by atoms with E-state index in [1.807, 2.05) is 20.2 Å². The van der Waals surface area contributed by atoms with Crippen LogP contribution < -0.4 is 5.32 Å². The smallest absolute Gasteiger partial charge is 0.253 e. The summed E-state index contributed by atoms with van der Waals surface area (Å²) in [7, 11) is 1.87. The molecule has 4 nitrogen and oxygen atoms in total. The fourth-order valence-electron chi connectivity index (χ4n) is 1.99. The van der Waals surface area contributed by atoms with Crippen molar-refractivity contribution in [3.05, 3.63) is 46.2 Å². The summed E-state index contributed by atoms with van der Waals surface area (Å²) < 4.78 is 1.75. The monoisotopic (exact) mass is 309 g/mol. The van der Waals surface area contributed by atoms with Crippen LogP contribution in [0.15, 0.2) is 29.3 Å². The molecule has 1 amide bonds. The summed E-state index contributed by atoms with van der Waals surface area (Å²) in [6.45, 7) is 2.47. The van der Waals surface area contributed by atoms with Crippen LogP contribution in [0.5, 0.6) is 0 Å². The molecule has 0 aliphatic rings. The molecule has 0 spiro atoms. The molecular formula is C14H16ClN3OS. The molecule has 1 heterocycles. The quantitative estimate of drug-likeness (QED) is 0.853. The zero-order valence-corrected chi connectivity index (χ0v) is 13.0. The second-order valence-corrected chi connectivity index (χ2v) is 5.40. The van der Waals surface area contributed by atoms with Crippen molar-refractivity contribution in [3.8, 4) is 0 Å². The van der Waals surface area contributed by atoms with Gasteiger partial charge >= 0.3 is 0 Å². The van der Waals surface area contributed by atoms with Gasteiger partial charge in [0.1, 0.15) is 0 Å². The predicted octanol–water partition coefficient (Wildman–Crippen LogP) is 2.85. The minimum Gasteiger partial charge on any atom is -0.348 e. The normalized spacial score (nSPS) is 10.6. The highest BCUT2D eigenvalue weighted by Gasteiger charge is 2.12. The average molecular weight is 310 g/mol. The summed E-state index contributed by atoms with van der Waals surface area (Å²) >= 11 is 10.2. The van der Waals surface area contributed by atoms with Gasteiger partial charge in [-0.25, -0.2) is 0 Å². The molecular weight excluding hydrogens is 294 g/mol. The standard InChI is InChI=1S/C14H16ClN3OS/c1-3-13-9(8-18(2)17-13)7-16-14(19)11-6-10(20)4-5-12(11)15/h4-6,8,20H,3,7H2,1-2H3,(H,16,19). The Morgan fingerprint density at radius 1 is 1.50 bits per heavy atom. The Hall–Kier alpha value is -1.46. The van der Waals surface area contributed by atoms with Crippen LogP contribution in [0.2, 0.25) is 5.02 Å². The molecule has 106 valence electrons. The van der Waals surface area contributed by atoms with Gasteiger partial charge in [-0.2, -0.15) is 5.10 Å². The van der Waals surface area contributed by atoms with E-state index in [9.17, 15) is 4.79 Å². The van der Waals surface area contributed by atoms with Gasteiger partial charge in [0.15, 0.2) is 0 Å². The highest BCUT2D eigenvalue weighted by atomic mass is 35.5. The van der Waals surface area contributed by atoms with Crippen molar-refractivity contribution in [2.75, 3.05) is 0 Å². The van der Waals surface area contributed by atoms with Gasteiger partial charge in [0.25, 0.3) is 5.91 Å². The average Bonchev–Trinajstić information content (AvgIpc) is 2.79. The molecule has 0 saturated heterocycles. The first-order valence-electron chi connectivity index (χ1n) is 6.29. The zero-order chi connectivity index (χ0) is 14.7. The van der Waals surface area contributed by atoms with Crippen LogP contribution in [-0.2, 0) is 20.0 Å². The molecule has 1 aromatic heterocycles. The Morgan fingerprint density at radius 3 is 2.95 bits per heavy atom. The fraction of sp³-hybridized carbons (Fsp3) is 0.286. The molecule has 0 aliphatic carbocycles. The minimum atomic E-state index is -0.211. The van der Waals surface area contributed by atoms with E-state index in [1.54, 1.807) is 22.9 Å². The molecule has 1 N–H and O–H groups in total. The Morgan fingerprint density at radius 2 is 2.25 bits per heavy atom. The van der Waals surface area contributed by atoms with Crippen molar-refractivity contribution in [1.82, 2.24) is 15.1 Å². The van der Waals surface area contributed by atoms with E-state index in [1.165, 1.54) is 0 Å². The van der Waals surface area contributed by atoms with Gasteiger partial charge in [-0.3, -0.25) is 9.48 Å². The maximum Gasteiger partial charge on any atom is 0.253 e. The minimum absolute atomic E-state index is 0.211. The van der Waals surface area contributed by atoms with Crippen molar-refractivity contribution in [1.29, 1.82) is 0 Å². The Kier molecular flexibility index (Phi) is 4.73. The van der Waals surface area contributed by atoms with Gasteiger partial charge in [-0.1, -0.05) is 18.5 Å². The van der Waals surface area contributed by atoms with Crippen LogP contribution in [0.1, 0.15) is 28.5 Å². The molecule has 0 saturated carbocycles. The maximum absolute atomic E-state index is 12.1. The van der Waals surface area contributed by atoms with E-state index in [4.69, 9.17) is 11.6 Å². The van der Waals surface area contributed by atoms with Gasteiger partial charge in [0, 0.05) is 30.2 Å². The molecule has 0 radical (unpaired) electrons. The number of nitrogens with one attached hydrogen (secondary N) is 1. The van der Waals surface area contributed by atoms with E-state index >= 15 is 0 Å². The van der Waals surface area contributed by atoms with Gasteiger partial charge in [0.2, 0.25) is 0 Å². The predicted molar refractivity (Wildman–Crippen MR) is 82.5 cm³/mol. The number of carbonyl (C=O) groups is 1. The molecule has 0 aliphatic heterocycles. The van der Waals surface area contributed by atoms with Gasteiger partial charge in [-0.05, 0) is 24.6 Å². The third-order valence-corrected chi connectivity index (χ3v) is 3.57. The molecule has 6 heteroatoms. The van der Waals surface area contributed by atoms with Crippen LogP contribution in [0.4, 0.5) is 0 Å². The summed E-state index contributed by atoms with van der Waals surface area (Å²) in [6, 6.07) is 5.07. The molecule has 2 rings (SSSR count). The van der Waals surface area contributed by atoms with Crippen molar-refractivity contribution < 1.29 is 4.79 Å². The van der Waals surface area contributed by atoms with Crippen LogP contribution in [0.25, 0.3) is 0 Å². The van der Waals surface area contributed by atoms with Gasteiger partial charge < -0.3 is 5.32 Å². The maximum atomic E-state index is 12.1. The first-order chi connectivity index (χ1) is 9.51. The number of rotatable bonds is 4. The molecule has 0 atom stereocenters. The summed E-state index contributed by atoms with van der Waals surface area (Å²) in [5, 5.41) is 7.62. The Bertz CT molecular complexity index is 639. The van der Waals surface area contributed by atoms with E-state index < -0.39 is 0 Å². The molecule has 0 fully saturated rings. The molecule has 1 aromatic carbocycles. The number of amides is 1. The number of carbonyl (C=O) groups excluding carboxylic acids is 1. The lowest BCUT2D eigenvalue weighted by atomic mass is 10.2. The third-order valence-electron chi connectivity index (χ3n) is 2.96. The number of benzene rings is 1. The number of hydrogen-bond donors (Lipinski definition) is 2. The zero-order valence-electron chi connectivity index (χ0n) is 11.4. The van der Waals surface area contributed by atoms with Gasteiger partial charge in [-0.15, -0.1) is 12.6 Å². The highest BCUT2D eigenvalue weighted by Crippen LogP contribution is 2.19. The lowest BCUT2D eigenvalue weighted by molar-refractivity contribution is 0.0951. The van der Waals surface area contributed by atoms with Crippen molar-refractivity contribution in [2.45, 2.75) is 24.8 Å². The van der Waals surface area contributed by atoms with E-state index in [0.29, 0.717) is 22.0 Å². The first-order valence-corrected chi connectivity index (χ1v) is 7.12.